The molecule has 4 aromatic rings. The van der Waals surface area contributed by atoms with E-state index in [-0.39, 0.29) is 17.5 Å². The summed E-state index contributed by atoms with van der Waals surface area (Å²) >= 11 is 1.72. The highest BCUT2D eigenvalue weighted by Crippen LogP contribution is 2.22. The standard InChI is InChI=1S/C22H22N4O2S/c1-26-13-16(14-7-3-4-8-15(14)22(26)28)21(27)25-19(11-12-29-2)20-23-17-9-5-6-10-18(17)24-20/h3-10,13,19H,11-12H2,1-2H3,(H,23,24)(H,25,27)/t19-/m0/s1. The predicted octanol–water partition coefficient (Wildman–Crippen LogP) is 3.64. The van der Waals surface area contributed by atoms with Gasteiger partial charge in [0, 0.05) is 24.0 Å². The van der Waals surface area contributed by atoms with Crippen LogP contribution in [-0.4, -0.2) is 32.5 Å². The molecule has 2 aromatic heterocycles. The molecule has 29 heavy (non-hydrogen) atoms. The number of amides is 1. The third-order valence-electron chi connectivity index (χ3n) is 4.99. The number of thioether (sulfide) groups is 1. The number of nitrogens with one attached hydrogen (secondary N) is 2. The molecular formula is C22H22N4O2S. The van der Waals surface area contributed by atoms with Crippen LogP contribution in [0.25, 0.3) is 21.8 Å². The van der Waals surface area contributed by atoms with E-state index in [0.717, 1.165) is 29.0 Å². The number of nitrogens with zero attached hydrogens (tertiary/aromatic N) is 2. The topological polar surface area (TPSA) is 79.8 Å². The quantitative estimate of drug-likeness (QED) is 0.512. The van der Waals surface area contributed by atoms with Gasteiger partial charge in [0.1, 0.15) is 5.82 Å². The van der Waals surface area contributed by atoms with Crippen LogP contribution in [0.15, 0.2) is 59.5 Å². The highest BCUT2D eigenvalue weighted by molar-refractivity contribution is 7.98. The average Bonchev–Trinajstić information content (AvgIpc) is 3.17. The number of carbonyl (C=O) groups is 1. The molecule has 2 heterocycles. The first kappa shape index (κ1) is 19.3. The van der Waals surface area contributed by atoms with Gasteiger partial charge in [0.05, 0.1) is 22.6 Å². The number of pyridine rings is 1. The summed E-state index contributed by atoms with van der Waals surface area (Å²) in [5.74, 6) is 1.40. The Balaban J connectivity index is 1.71. The highest BCUT2D eigenvalue weighted by atomic mass is 32.2. The van der Waals surface area contributed by atoms with Crippen LogP contribution in [0.1, 0.15) is 28.6 Å². The van der Waals surface area contributed by atoms with Gasteiger partial charge in [-0.3, -0.25) is 9.59 Å². The zero-order valence-electron chi connectivity index (χ0n) is 16.3. The molecule has 0 aliphatic rings. The molecule has 0 unspecified atom stereocenters. The Morgan fingerprint density at radius 2 is 1.90 bits per heavy atom. The van der Waals surface area contributed by atoms with Crippen molar-refractivity contribution in [1.29, 1.82) is 0 Å². The van der Waals surface area contributed by atoms with Crippen molar-refractivity contribution in [2.45, 2.75) is 12.5 Å². The molecule has 4 rings (SSSR count). The molecule has 0 saturated carbocycles. The molecular weight excluding hydrogens is 384 g/mol. The number of imidazole rings is 1. The molecule has 0 bridgehead atoms. The van der Waals surface area contributed by atoms with Crippen LogP contribution in [0, 0.1) is 0 Å². The van der Waals surface area contributed by atoms with Crippen LogP contribution in [0.5, 0.6) is 0 Å². The average molecular weight is 407 g/mol. The van der Waals surface area contributed by atoms with E-state index in [2.05, 4.69) is 15.3 Å². The van der Waals surface area contributed by atoms with E-state index < -0.39 is 0 Å². The molecule has 1 atom stereocenters. The van der Waals surface area contributed by atoms with Crippen molar-refractivity contribution in [1.82, 2.24) is 19.9 Å². The monoisotopic (exact) mass is 406 g/mol. The molecule has 7 heteroatoms. The predicted molar refractivity (Wildman–Crippen MR) is 118 cm³/mol. The second kappa shape index (κ2) is 8.13. The summed E-state index contributed by atoms with van der Waals surface area (Å²) in [5.41, 5.74) is 2.18. The van der Waals surface area contributed by atoms with Crippen molar-refractivity contribution in [3.63, 3.8) is 0 Å². The van der Waals surface area contributed by atoms with Gasteiger partial charge in [-0.25, -0.2) is 4.98 Å². The van der Waals surface area contributed by atoms with Crippen LogP contribution in [-0.2, 0) is 7.05 Å². The molecule has 0 aliphatic heterocycles. The molecule has 2 aromatic carbocycles. The molecule has 0 spiro atoms. The SMILES string of the molecule is CSCC[C@H](NC(=O)c1cn(C)c(=O)c2ccccc12)c1nc2ccccc2[nH]1. The number of H-pyrrole nitrogens is 1. The number of aromatic nitrogens is 3. The first-order valence-corrected chi connectivity index (χ1v) is 10.8. The lowest BCUT2D eigenvalue weighted by Crippen LogP contribution is -2.31. The minimum atomic E-state index is -0.252. The molecule has 6 nitrogen and oxygen atoms in total. The number of para-hydroxylation sites is 2. The fraction of sp³-hybridized carbons (Fsp3) is 0.227. The van der Waals surface area contributed by atoms with Gasteiger partial charge in [-0.2, -0.15) is 11.8 Å². The maximum atomic E-state index is 13.2. The van der Waals surface area contributed by atoms with E-state index in [9.17, 15) is 9.59 Å². The summed E-state index contributed by atoms with van der Waals surface area (Å²) in [4.78, 5) is 33.6. The van der Waals surface area contributed by atoms with Crippen LogP contribution in [0.3, 0.4) is 0 Å². The fourth-order valence-electron chi connectivity index (χ4n) is 3.48. The van der Waals surface area contributed by atoms with Gasteiger partial charge < -0.3 is 14.9 Å². The van der Waals surface area contributed by atoms with Gasteiger partial charge >= 0.3 is 0 Å². The normalized spacial score (nSPS) is 12.3. The Hall–Kier alpha value is -3.06. The lowest BCUT2D eigenvalue weighted by atomic mass is 10.1. The van der Waals surface area contributed by atoms with Crippen molar-refractivity contribution in [2.75, 3.05) is 12.0 Å². The maximum absolute atomic E-state index is 13.2. The van der Waals surface area contributed by atoms with Crippen molar-refractivity contribution in [3.05, 3.63) is 76.5 Å². The highest BCUT2D eigenvalue weighted by Gasteiger charge is 2.21. The minimum absolute atomic E-state index is 0.117. The molecule has 0 fully saturated rings. The van der Waals surface area contributed by atoms with Crippen molar-refractivity contribution >= 4 is 39.5 Å². The van der Waals surface area contributed by atoms with Gasteiger partial charge in [-0.15, -0.1) is 0 Å². The number of fused-ring (bicyclic) bond motifs is 2. The Kier molecular flexibility index (Phi) is 5.40. The van der Waals surface area contributed by atoms with Crippen LogP contribution in [0.4, 0.5) is 0 Å². The summed E-state index contributed by atoms with van der Waals surface area (Å²) in [6, 6.07) is 14.8. The van der Waals surface area contributed by atoms with E-state index in [1.807, 2.05) is 42.7 Å². The Morgan fingerprint density at radius 3 is 2.66 bits per heavy atom. The van der Waals surface area contributed by atoms with E-state index in [4.69, 9.17) is 0 Å². The largest absolute Gasteiger partial charge is 0.342 e. The molecule has 148 valence electrons. The lowest BCUT2D eigenvalue weighted by molar-refractivity contribution is 0.0935. The summed E-state index contributed by atoms with van der Waals surface area (Å²) in [5, 5.41) is 4.31. The minimum Gasteiger partial charge on any atom is -0.342 e. The number of aryl methyl sites for hydroxylation is 1. The van der Waals surface area contributed by atoms with Crippen molar-refractivity contribution in [3.8, 4) is 0 Å². The third-order valence-corrected chi connectivity index (χ3v) is 5.63. The number of hydrogen-bond donors (Lipinski definition) is 2. The number of carbonyl (C=O) groups excluding carboxylic acids is 1. The van der Waals surface area contributed by atoms with Crippen molar-refractivity contribution in [2.24, 2.45) is 7.05 Å². The lowest BCUT2D eigenvalue weighted by Gasteiger charge is -2.17. The zero-order chi connectivity index (χ0) is 20.4. The molecule has 0 radical (unpaired) electrons. The molecule has 1 amide bonds. The van der Waals surface area contributed by atoms with E-state index in [1.165, 1.54) is 4.57 Å². The first-order valence-electron chi connectivity index (χ1n) is 9.41. The van der Waals surface area contributed by atoms with E-state index in [1.54, 1.807) is 37.1 Å². The smallest absolute Gasteiger partial charge is 0.258 e. The van der Waals surface area contributed by atoms with E-state index in [0.29, 0.717) is 16.3 Å². The van der Waals surface area contributed by atoms with E-state index >= 15 is 0 Å². The van der Waals surface area contributed by atoms with Crippen molar-refractivity contribution < 1.29 is 4.79 Å². The number of hydrogen-bond acceptors (Lipinski definition) is 4. The fourth-order valence-corrected chi connectivity index (χ4v) is 3.96. The van der Waals surface area contributed by atoms with Crippen LogP contribution < -0.4 is 10.9 Å². The molecule has 0 saturated heterocycles. The van der Waals surface area contributed by atoms with Crippen LogP contribution in [0.2, 0.25) is 0 Å². The Bertz CT molecular complexity index is 1210. The van der Waals surface area contributed by atoms with Gasteiger partial charge in [0.2, 0.25) is 0 Å². The Labute approximate surface area is 172 Å². The van der Waals surface area contributed by atoms with Gasteiger partial charge in [-0.1, -0.05) is 30.3 Å². The molecule has 2 N–H and O–H groups in total. The second-order valence-corrected chi connectivity index (χ2v) is 7.94. The zero-order valence-corrected chi connectivity index (χ0v) is 17.1. The number of aromatic amines is 1. The Morgan fingerprint density at radius 1 is 1.17 bits per heavy atom. The van der Waals surface area contributed by atoms with Crippen LogP contribution >= 0.6 is 11.8 Å². The van der Waals surface area contributed by atoms with Gasteiger partial charge in [0.25, 0.3) is 11.5 Å². The summed E-state index contributed by atoms with van der Waals surface area (Å²) in [7, 11) is 1.66. The summed E-state index contributed by atoms with van der Waals surface area (Å²) in [6.07, 6.45) is 4.39. The summed E-state index contributed by atoms with van der Waals surface area (Å²) < 4.78 is 1.45. The second-order valence-electron chi connectivity index (χ2n) is 6.95. The van der Waals surface area contributed by atoms with Gasteiger partial charge in [0.15, 0.2) is 0 Å². The maximum Gasteiger partial charge on any atom is 0.258 e. The van der Waals surface area contributed by atoms with Gasteiger partial charge in [-0.05, 0) is 36.6 Å². The summed E-state index contributed by atoms with van der Waals surface area (Å²) in [6.45, 7) is 0. The molecule has 0 aliphatic carbocycles. The number of rotatable bonds is 6. The number of benzene rings is 2. The first-order chi connectivity index (χ1) is 14.1. The third kappa shape index (κ3) is 3.78.